The minimum absolute atomic E-state index is 0.460. The molecule has 0 aromatic heterocycles. The summed E-state index contributed by atoms with van der Waals surface area (Å²) in [5.74, 6) is 0.460. The molecule has 0 aliphatic heterocycles. The van der Waals surface area contributed by atoms with Crippen LogP contribution in [0.15, 0.2) is 48.5 Å². The van der Waals surface area contributed by atoms with E-state index < -0.39 is 0 Å². The van der Waals surface area contributed by atoms with E-state index >= 15 is 0 Å². The zero-order valence-electron chi connectivity index (χ0n) is 11.3. The van der Waals surface area contributed by atoms with E-state index in [1.165, 1.54) is 16.7 Å². The number of halogens is 1. The Labute approximate surface area is 119 Å². The van der Waals surface area contributed by atoms with Gasteiger partial charge in [-0.1, -0.05) is 48.0 Å². The van der Waals surface area contributed by atoms with Gasteiger partial charge < -0.3 is 4.90 Å². The zero-order valence-corrected chi connectivity index (χ0v) is 12.1. The Kier molecular flexibility index (Phi) is 3.34. The van der Waals surface area contributed by atoms with Crippen LogP contribution in [0, 0.1) is 0 Å². The maximum Gasteiger partial charge on any atom is 0.0408 e. The normalized spacial score (nSPS) is 21.7. The quantitative estimate of drug-likeness (QED) is 0.778. The van der Waals surface area contributed by atoms with E-state index in [0.717, 1.165) is 11.4 Å². The SMILES string of the molecule is CN(C)[C@@H]1C[C@@H](c2cccc(Cl)c2)c2ccccc21. The molecule has 0 saturated carbocycles. The molecular formula is C17H18ClN. The molecule has 1 aliphatic rings. The van der Waals surface area contributed by atoms with Crippen LogP contribution >= 0.6 is 11.6 Å². The van der Waals surface area contributed by atoms with Crippen LogP contribution in [0.3, 0.4) is 0 Å². The Hall–Kier alpha value is -1.31. The van der Waals surface area contributed by atoms with Crippen LogP contribution in [0.2, 0.25) is 5.02 Å². The van der Waals surface area contributed by atoms with Gasteiger partial charge in [0.2, 0.25) is 0 Å². The van der Waals surface area contributed by atoms with Crippen LogP contribution in [0.25, 0.3) is 0 Å². The van der Waals surface area contributed by atoms with Gasteiger partial charge in [-0.15, -0.1) is 0 Å². The van der Waals surface area contributed by atoms with Crippen molar-refractivity contribution in [3.63, 3.8) is 0 Å². The Morgan fingerprint density at radius 3 is 2.42 bits per heavy atom. The first-order valence-electron chi connectivity index (χ1n) is 6.67. The van der Waals surface area contributed by atoms with Crippen molar-refractivity contribution in [1.29, 1.82) is 0 Å². The molecule has 0 bridgehead atoms. The first-order valence-corrected chi connectivity index (χ1v) is 7.05. The van der Waals surface area contributed by atoms with Crippen molar-refractivity contribution in [2.75, 3.05) is 14.1 Å². The zero-order chi connectivity index (χ0) is 13.4. The van der Waals surface area contributed by atoms with E-state index in [0.29, 0.717) is 12.0 Å². The summed E-state index contributed by atoms with van der Waals surface area (Å²) in [5.41, 5.74) is 4.23. The fourth-order valence-corrected chi connectivity index (χ4v) is 3.34. The predicted octanol–water partition coefficient (Wildman–Crippen LogP) is 4.48. The number of fused-ring (bicyclic) bond motifs is 1. The van der Waals surface area contributed by atoms with Gasteiger partial charge in [0.15, 0.2) is 0 Å². The lowest BCUT2D eigenvalue weighted by atomic mass is 9.93. The molecule has 2 atom stereocenters. The molecule has 0 spiro atoms. The molecule has 3 rings (SSSR count). The Bertz CT molecular complexity index is 591. The van der Waals surface area contributed by atoms with Crippen LogP contribution in [-0.2, 0) is 0 Å². The van der Waals surface area contributed by atoms with Gasteiger partial charge in [0.05, 0.1) is 0 Å². The first kappa shape index (κ1) is 12.7. The van der Waals surface area contributed by atoms with Crippen molar-refractivity contribution in [3.8, 4) is 0 Å². The van der Waals surface area contributed by atoms with Crippen molar-refractivity contribution in [2.45, 2.75) is 18.4 Å². The summed E-state index contributed by atoms with van der Waals surface area (Å²) in [6.45, 7) is 0. The highest BCUT2D eigenvalue weighted by molar-refractivity contribution is 6.30. The maximum absolute atomic E-state index is 6.14. The highest BCUT2D eigenvalue weighted by Gasteiger charge is 2.32. The summed E-state index contributed by atoms with van der Waals surface area (Å²) >= 11 is 6.14. The number of hydrogen-bond donors (Lipinski definition) is 0. The first-order chi connectivity index (χ1) is 9.16. The second kappa shape index (κ2) is 4.99. The number of benzene rings is 2. The molecule has 1 nitrogen and oxygen atoms in total. The lowest BCUT2D eigenvalue weighted by Crippen LogP contribution is -2.17. The maximum atomic E-state index is 6.14. The van der Waals surface area contributed by atoms with Crippen LogP contribution in [0.5, 0.6) is 0 Å². The fourth-order valence-electron chi connectivity index (χ4n) is 3.14. The third-order valence-electron chi connectivity index (χ3n) is 4.06. The smallest absolute Gasteiger partial charge is 0.0408 e. The third kappa shape index (κ3) is 2.29. The minimum atomic E-state index is 0.460. The lowest BCUT2D eigenvalue weighted by molar-refractivity contribution is 0.293. The highest BCUT2D eigenvalue weighted by Crippen LogP contribution is 2.46. The molecule has 2 heteroatoms. The van der Waals surface area contributed by atoms with Crippen LogP contribution in [0.4, 0.5) is 0 Å². The molecule has 1 aliphatic carbocycles. The van der Waals surface area contributed by atoms with E-state index in [1.54, 1.807) is 0 Å². The average Bonchev–Trinajstić information content (AvgIpc) is 2.78. The second-order valence-corrected chi connectivity index (χ2v) is 5.89. The third-order valence-corrected chi connectivity index (χ3v) is 4.30. The van der Waals surface area contributed by atoms with Crippen molar-refractivity contribution in [3.05, 3.63) is 70.2 Å². The molecule has 0 amide bonds. The molecule has 0 fully saturated rings. The standard InChI is InChI=1S/C17H18ClN/c1-19(2)17-11-16(12-6-5-7-13(18)10-12)14-8-3-4-9-15(14)17/h3-10,16-17H,11H2,1-2H3/t16-,17+/m0/s1. The van der Waals surface area contributed by atoms with Gasteiger partial charge in [-0.25, -0.2) is 0 Å². The van der Waals surface area contributed by atoms with E-state index in [1.807, 2.05) is 12.1 Å². The molecule has 98 valence electrons. The summed E-state index contributed by atoms with van der Waals surface area (Å²) in [7, 11) is 4.31. The number of rotatable bonds is 2. The summed E-state index contributed by atoms with van der Waals surface area (Å²) in [5, 5.41) is 0.822. The van der Waals surface area contributed by atoms with E-state index in [2.05, 4.69) is 55.4 Å². The van der Waals surface area contributed by atoms with Gasteiger partial charge in [0.1, 0.15) is 0 Å². The summed E-state index contributed by atoms with van der Waals surface area (Å²) in [6, 6.07) is 17.5. The topological polar surface area (TPSA) is 3.24 Å². The van der Waals surface area contributed by atoms with Gasteiger partial charge >= 0.3 is 0 Å². The van der Waals surface area contributed by atoms with Crippen LogP contribution in [0.1, 0.15) is 35.1 Å². The largest absolute Gasteiger partial charge is 0.302 e. The van der Waals surface area contributed by atoms with Crippen LogP contribution < -0.4 is 0 Å². The summed E-state index contributed by atoms with van der Waals surface area (Å²) in [6.07, 6.45) is 1.13. The molecule has 0 N–H and O–H groups in total. The lowest BCUT2D eigenvalue weighted by Gasteiger charge is -2.20. The minimum Gasteiger partial charge on any atom is -0.302 e. The molecule has 0 unspecified atom stereocenters. The van der Waals surface area contributed by atoms with Gasteiger partial charge in [-0.05, 0) is 49.3 Å². The van der Waals surface area contributed by atoms with Crippen molar-refractivity contribution < 1.29 is 0 Å². The van der Waals surface area contributed by atoms with Gasteiger partial charge in [0, 0.05) is 17.0 Å². The average molecular weight is 272 g/mol. The number of nitrogens with zero attached hydrogens (tertiary/aromatic N) is 1. The van der Waals surface area contributed by atoms with Crippen molar-refractivity contribution >= 4 is 11.6 Å². The molecule has 0 saturated heterocycles. The Balaban J connectivity index is 2.06. The molecule has 2 aromatic rings. The number of hydrogen-bond acceptors (Lipinski definition) is 1. The van der Waals surface area contributed by atoms with Gasteiger partial charge in [0.25, 0.3) is 0 Å². The fraction of sp³-hybridized carbons (Fsp3) is 0.294. The molecule has 19 heavy (non-hydrogen) atoms. The van der Waals surface area contributed by atoms with Gasteiger partial charge in [-0.3, -0.25) is 0 Å². The highest BCUT2D eigenvalue weighted by atomic mass is 35.5. The second-order valence-electron chi connectivity index (χ2n) is 5.45. The van der Waals surface area contributed by atoms with Crippen molar-refractivity contribution in [2.24, 2.45) is 0 Å². The van der Waals surface area contributed by atoms with E-state index in [9.17, 15) is 0 Å². The van der Waals surface area contributed by atoms with E-state index in [4.69, 9.17) is 11.6 Å². The molecular weight excluding hydrogens is 254 g/mol. The van der Waals surface area contributed by atoms with Gasteiger partial charge in [-0.2, -0.15) is 0 Å². The molecule has 0 heterocycles. The predicted molar refractivity (Wildman–Crippen MR) is 80.8 cm³/mol. The van der Waals surface area contributed by atoms with Crippen molar-refractivity contribution in [1.82, 2.24) is 4.90 Å². The van der Waals surface area contributed by atoms with E-state index in [-0.39, 0.29) is 0 Å². The summed E-state index contributed by atoms with van der Waals surface area (Å²) in [4.78, 5) is 2.31. The summed E-state index contributed by atoms with van der Waals surface area (Å²) < 4.78 is 0. The van der Waals surface area contributed by atoms with Crippen LogP contribution in [-0.4, -0.2) is 19.0 Å². The Morgan fingerprint density at radius 2 is 1.74 bits per heavy atom. The Morgan fingerprint density at radius 1 is 1.00 bits per heavy atom. The molecule has 0 radical (unpaired) electrons. The molecule has 2 aromatic carbocycles. The monoisotopic (exact) mass is 271 g/mol.